The summed E-state index contributed by atoms with van der Waals surface area (Å²) in [6.45, 7) is 4.16. The van der Waals surface area contributed by atoms with Gasteiger partial charge in [0.05, 0.1) is 3.92 Å². The smallest absolute Gasteiger partial charge is 0.230 e. The number of alkyl halides is 1. The van der Waals surface area contributed by atoms with Crippen molar-refractivity contribution in [1.29, 1.82) is 0 Å². The fourth-order valence-corrected chi connectivity index (χ4v) is 1.55. The number of hydrogen-bond donors (Lipinski definition) is 1. The molecule has 0 aromatic carbocycles. The van der Waals surface area contributed by atoms with E-state index in [1.54, 1.807) is 0 Å². The van der Waals surface area contributed by atoms with E-state index >= 15 is 0 Å². The number of amides is 1. The Morgan fingerprint density at radius 2 is 2.11 bits per heavy atom. The van der Waals surface area contributed by atoms with Crippen molar-refractivity contribution in [3.63, 3.8) is 0 Å². The molecular weight excluding hydrogens is 229 g/mol. The van der Waals surface area contributed by atoms with Crippen LogP contribution < -0.4 is 5.73 Å². The topological polar surface area (TPSA) is 43.1 Å². The molecule has 2 nitrogen and oxygen atoms in total. The molecule has 9 heavy (non-hydrogen) atoms. The van der Waals surface area contributed by atoms with Crippen LogP contribution in [0.2, 0.25) is 0 Å². The Morgan fingerprint density at radius 1 is 1.67 bits per heavy atom. The van der Waals surface area contributed by atoms with Crippen LogP contribution in [0, 0.1) is 5.92 Å². The molecule has 1 amide bonds. The largest absolute Gasteiger partial charge is 0.369 e. The van der Waals surface area contributed by atoms with E-state index in [0.29, 0.717) is 5.92 Å². The van der Waals surface area contributed by atoms with Gasteiger partial charge in [0.2, 0.25) is 5.91 Å². The molecule has 0 aliphatic rings. The third-order valence-corrected chi connectivity index (χ3v) is 2.11. The lowest BCUT2D eigenvalue weighted by molar-refractivity contribution is -0.117. The molecule has 0 fully saturated rings. The van der Waals surface area contributed by atoms with Crippen molar-refractivity contribution in [2.75, 3.05) is 0 Å². The van der Waals surface area contributed by atoms with Crippen LogP contribution in [-0.4, -0.2) is 9.83 Å². The summed E-state index contributed by atoms with van der Waals surface area (Å²) in [7, 11) is 0. The predicted octanol–water partition coefficient (Wildman–Crippen LogP) is 1.32. The molecule has 0 aliphatic heterocycles. The summed E-state index contributed by atoms with van der Waals surface area (Å²) in [5, 5.41) is 0. The minimum atomic E-state index is -0.204. The van der Waals surface area contributed by atoms with Gasteiger partial charge in [-0.2, -0.15) is 0 Å². The van der Waals surface area contributed by atoms with E-state index < -0.39 is 0 Å². The van der Waals surface area contributed by atoms with Crippen LogP contribution in [0.1, 0.15) is 20.3 Å². The highest BCUT2D eigenvalue weighted by molar-refractivity contribution is 14.1. The van der Waals surface area contributed by atoms with Crippen LogP contribution in [0.25, 0.3) is 0 Å². The average molecular weight is 241 g/mol. The molecule has 54 valence electrons. The first-order valence-electron chi connectivity index (χ1n) is 2.97. The van der Waals surface area contributed by atoms with Crippen molar-refractivity contribution in [3.8, 4) is 0 Å². The second kappa shape index (κ2) is 4.09. The van der Waals surface area contributed by atoms with Gasteiger partial charge in [0.15, 0.2) is 0 Å². The van der Waals surface area contributed by atoms with Crippen molar-refractivity contribution in [2.24, 2.45) is 11.7 Å². The lowest BCUT2D eigenvalue weighted by Gasteiger charge is -2.06. The van der Waals surface area contributed by atoms with Gasteiger partial charge in [-0.1, -0.05) is 36.4 Å². The molecule has 2 N–H and O–H groups in total. The lowest BCUT2D eigenvalue weighted by atomic mass is 10.1. The first kappa shape index (κ1) is 9.20. The monoisotopic (exact) mass is 241 g/mol. The molecule has 0 spiro atoms. The van der Waals surface area contributed by atoms with E-state index in [1.807, 2.05) is 0 Å². The average Bonchev–Trinajstić information content (AvgIpc) is 1.63. The zero-order valence-corrected chi connectivity index (χ0v) is 7.88. The number of rotatable bonds is 3. The van der Waals surface area contributed by atoms with E-state index in [-0.39, 0.29) is 9.83 Å². The second-order valence-electron chi connectivity index (χ2n) is 2.50. The number of hydrogen-bond acceptors (Lipinski definition) is 1. The Bertz CT molecular complexity index is 103. The number of carbonyl (C=O) groups excluding carboxylic acids is 1. The van der Waals surface area contributed by atoms with Crippen molar-refractivity contribution < 1.29 is 4.79 Å². The van der Waals surface area contributed by atoms with Crippen LogP contribution >= 0.6 is 22.6 Å². The van der Waals surface area contributed by atoms with Gasteiger partial charge in [-0.15, -0.1) is 0 Å². The molecule has 0 radical (unpaired) electrons. The molecule has 0 unspecified atom stereocenters. The summed E-state index contributed by atoms with van der Waals surface area (Å²) >= 11 is 2.07. The Balaban J connectivity index is 3.50. The van der Waals surface area contributed by atoms with Gasteiger partial charge in [0, 0.05) is 0 Å². The minimum Gasteiger partial charge on any atom is -0.369 e. The molecule has 1 atom stereocenters. The van der Waals surface area contributed by atoms with E-state index in [9.17, 15) is 4.79 Å². The highest BCUT2D eigenvalue weighted by Gasteiger charge is 2.11. The minimum absolute atomic E-state index is 0.00241. The molecule has 0 bridgehead atoms. The molecule has 0 heterocycles. The highest BCUT2D eigenvalue weighted by atomic mass is 127. The quantitative estimate of drug-likeness (QED) is 0.587. The fourth-order valence-electron chi connectivity index (χ4n) is 0.530. The van der Waals surface area contributed by atoms with E-state index in [1.165, 1.54) is 0 Å². The Labute approximate surface area is 69.3 Å². The molecule has 0 aromatic rings. The lowest BCUT2D eigenvalue weighted by Crippen LogP contribution is -2.24. The summed E-state index contributed by atoms with van der Waals surface area (Å²) in [6, 6.07) is 0. The van der Waals surface area contributed by atoms with Gasteiger partial charge in [-0.25, -0.2) is 0 Å². The molecule has 0 aromatic heterocycles. The zero-order chi connectivity index (χ0) is 7.44. The molecule has 0 saturated carbocycles. The van der Waals surface area contributed by atoms with Crippen LogP contribution in [0.5, 0.6) is 0 Å². The van der Waals surface area contributed by atoms with Crippen molar-refractivity contribution in [2.45, 2.75) is 24.2 Å². The van der Waals surface area contributed by atoms with Crippen LogP contribution in [0.4, 0.5) is 0 Å². The summed E-state index contributed by atoms with van der Waals surface area (Å²) in [6.07, 6.45) is 0.885. The second-order valence-corrected chi connectivity index (χ2v) is 4.00. The normalized spacial score (nSPS) is 13.8. The highest BCUT2D eigenvalue weighted by Crippen LogP contribution is 2.11. The number of carbonyl (C=O) groups is 1. The summed E-state index contributed by atoms with van der Waals surface area (Å²) in [5.74, 6) is 0.351. The van der Waals surface area contributed by atoms with Gasteiger partial charge in [0.25, 0.3) is 0 Å². The Morgan fingerprint density at radius 3 is 2.22 bits per heavy atom. The number of primary amides is 1. The fraction of sp³-hybridized carbons (Fsp3) is 0.833. The van der Waals surface area contributed by atoms with Crippen molar-refractivity contribution in [1.82, 2.24) is 0 Å². The molecule has 3 heteroatoms. The van der Waals surface area contributed by atoms with Crippen LogP contribution in [-0.2, 0) is 4.79 Å². The maximum Gasteiger partial charge on any atom is 0.230 e. The van der Waals surface area contributed by atoms with Gasteiger partial charge in [-0.3, -0.25) is 4.79 Å². The van der Waals surface area contributed by atoms with Crippen LogP contribution in [0.15, 0.2) is 0 Å². The van der Waals surface area contributed by atoms with Gasteiger partial charge in [-0.05, 0) is 12.3 Å². The first-order chi connectivity index (χ1) is 4.04. The summed E-state index contributed by atoms with van der Waals surface area (Å²) in [5.41, 5.74) is 5.04. The van der Waals surface area contributed by atoms with E-state index in [0.717, 1.165) is 6.42 Å². The number of halogens is 1. The maximum atomic E-state index is 10.4. The van der Waals surface area contributed by atoms with E-state index in [2.05, 4.69) is 36.4 Å². The van der Waals surface area contributed by atoms with Crippen molar-refractivity contribution in [3.05, 3.63) is 0 Å². The maximum absolute atomic E-state index is 10.4. The Hall–Kier alpha value is 0.200. The van der Waals surface area contributed by atoms with Gasteiger partial charge in [0.1, 0.15) is 0 Å². The van der Waals surface area contributed by atoms with Gasteiger partial charge < -0.3 is 5.73 Å². The predicted molar refractivity (Wildman–Crippen MR) is 46.5 cm³/mol. The molecular formula is C6H12INO. The first-order valence-corrected chi connectivity index (χ1v) is 4.22. The summed E-state index contributed by atoms with van der Waals surface area (Å²) in [4.78, 5) is 10.4. The number of nitrogens with two attached hydrogens (primary N) is 1. The Kier molecular flexibility index (Phi) is 4.18. The standard InChI is InChI=1S/C6H12INO/c1-4(2)3-5(7)6(8)9/h4-5H,3H2,1-2H3,(H2,8,9)/t5-/m1/s1. The zero-order valence-electron chi connectivity index (χ0n) is 5.73. The van der Waals surface area contributed by atoms with Crippen LogP contribution in [0.3, 0.4) is 0 Å². The van der Waals surface area contributed by atoms with Crippen molar-refractivity contribution >= 4 is 28.5 Å². The van der Waals surface area contributed by atoms with Gasteiger partial charge >= 0.3 is 0 Å². The molecule has 0 aliphatic carbocycles. The SMILES string of the molecule is CC(C)C[C@@H](I)C(N)=O. The molecule has 0 rings (SSSR count). The summed E-state index contributed by atoms with van der Waals surface area (Å²) < 4.78 is 0.00241. The third-order valence-electron chi connectivity index (χ3n) is 0.987. The van der Waals surface area contributed by atoms with E-state index in [4.69, 9.17) is 5.73 Å². The molecule has 0 saturated heterocycles. The third kappa shape index (κ3) is 4.69.